The molecule has 3 nitrogen and oxygen atoms in total. The minimum atomic E-state index is -0.191. The molecule has 0 radical (unpaired) electrons. The Morgan fingerprint density at radius 2 is 1.69 bits per heavy atom. The number of halogens is 1. The van der Waals surface area contributed by atoms with Gasteiger partial charge in [0.15, 0.2) is 0 Å². The van der Waals surface area contributed by atoms with E-state index >= 15 is 0 Å². The number of ether oxygens (including phenoxy) is 1. The molecule has 0 aliphatic rings. The van der Waals surface area contributed by atoms with E-state index in [1.165, 1.54) is 6.07 Å². The molecule has 0 saturated carbocycles. The van der Waals surface area contributed by atoms with Crippen LogP contribution in [-0.4, -0.2) is 13.0 Å². The molecule has 1 amide bonds. The number of carbonyl (C=O) groups excluding carboxylic acids is 1. The molecule has 0 atom stereocenters. The lowest BCUT2D eigenvalue weighted by Crippen LogP contribution is -2.11. The highest BCUT2D eigenvalue weighted by Gasteiger charge is 2.07. The quantitative estimate of drug-likeness (QED) is 0.595. The predicted octanol–water partition coefficient (Wildman–Crippen LogP) is 5.38. The van der Waals surface area contributed by atoms with Crippen molar-refractivity contribution in [1.29, 1.82) is 0 Å². The number of hydrogen-bond donors (Lipinski definition) is 1. The van der Waals surface area contributed by atoms with Crippen molar-refractivity contribution in [1.82, 2.24) is 0 Å². The fourth-order valence-corrected chi connectivity index (χ4v) is 3.24. The van der Waals surface area contributed by atoms with Crippen molar-refractivity contribution < 1.29 is 13.9 Å². The van der Waals surface area contributed by atoms with E-state index in [9.17, 15) is 9.18 Å². The first-order valence-electron chi connectivity index (χ1n) is 8.07. The molecule has 3 aromatic rings. The standard InChI is InChI=1S/C21H18FNO2S/c1-25-18-10-6-15(7-11-18)21(24)23-17-8-12-19(13-9-17)26-14-16-4-2-3-5-20(16)22/h2-13H,14H2,1H3,(H,23,24). The smallest absolute Gasteiger partial charge is 0.255 e. The molecular weight excluding hydrogens is 349 g/mol. The molecule has 0 fully saturated rings. The van der Waals surface area contributed by atoms with Gasteiger partial charge in [0.1, 0.15) is 11.6 Å². The predicted molar refractivity (Wildman–Crippen MR) is 103 cm³/mol. The number of hydrogen-bond acceptors (Lipinski definition) is 3. The summed E-state index contributed by atoms with van der Waals surface area (Å²) in [6.45, 7) is 0. The zero-order valence-electron chi connectivity index (χ0n) is 14.2. The molecule has 0 aliphatic carbocycles. The van der Waals surface area contributed by atoms with E-state index in [4.69, 9.17) is 4.74 Å². The summed E-state index contributed by atoms with van der Waals surface area (Å²) < 4.78 is 18.7. The maximum Gasteiger partial charge on any atom is 0.255 e. The number of methoxy groups -OCH3 is 1. The third kappa shape index (κ3) is 4.64. The molecule has 0 spiro atoms. The lowest BCUT2D eigenvalue weighted by molar-refractivity contribution is 0.102. The minimum Gasteiger partial charge on any atom is -0.497 e. The summed E-state index contributed by atoms with van der Waals surface area (Å²) in [4.78, 5) is 13.3. The van der Waals surface area contributed by atoms with Gasteiger partial charge in [0, 0.05) is 21.9 Å². The Balaban J connectivity index is 1.58. The van der Waals surface area contributed by atoms with E-state index in [1.807, 2.05) is 30.3 Å². The molecule has 5 heteroatoms. The molecule has 0 bridgehead atoms. The Bertz CT molecular complexity index is 879. The summed E-state index contributed by atoms with van der Waals surface area (Å²) in [5, 5.41) is 2.86. The van der Waals surface area contributed by atoms with Gasteiger partial charge in [-0.05, 0) is 60.2 Å². The van der Waals surface area contributed by atoms with Gasteiger partial charge < -0.3 is 10.1 Å². The fourth-order valence-electron chi connectivity index (χ4n) is 2.36. The van der Waals surface area contributed by atoms with Crippen LogP contribution in [0.1, 0.15) is 15.9 Å². The van der Waals surface area contributed by atoms with Gasteiger partial charge in [-0.2, -0.15) is 0 Å². The Labute approximate surface area is 156 Å². The highest BCUT2D eigenvalue weighted by molar-refractivity contribution is 7.98. The van der Waals surface area contributed by atoms with Gasteiger partial charge in [-0.15, -0.1) is 11.8 Å². The van der Waals surface area contributed by atoms with Crippen LogP contribution >= 0.6 is 11.8 Å². The second kappa shape index (κ2) is 8.54. The first-order chi connectivity index (χ1) is 12.7. The van der Waals surface area contributed by atoms with Crippen LogP contribution in [0.2, 0.25) is 0 Å². The van der Waals surface area contributed by atoms with Crippen LogP contribution in [0.3, 0.4) is 0 Å². The summed E-state index contributed by atoms with van der Waals surface area (Å²) in [5.41, 5.74) is 1.94. The summed E-state index contributed by atoms with van der Waals surface area (Å²) in [5.74, 6) is 0.894. The second-order valence-electron chi connectivity index (χ2n) is 5.59. The van der Waals surface area contributed by atoms with E-state index in [0.29, 0.717) is 28.3 Å². The van der Waals surface area contributed by atoms with Crippen molar-refractivity contribution in [3.8, 4) is 5.75 Å². The van der Waals surface area contributed by atoms with Gasteiger partial charge in [0.2, 0.25) is 0 Å². The third-order valence-corrected chi connectivity index (χ3v) is 4.88. The molecule has 0 aromatic heterocycles. The summed E-state index contributed by atoms with van der Waals surface area (Å²) >= 11 is 1.55. The Morgan fingerprint density at radius 3 is 2.35 bits per heavy atom. The average Bonchev–Trinajstić information content (AvgIpc) is 2.68. The van der Waals surface area contributed by atoms with Crippen LogP contribution < -0.4 is 10.1 Å². The van der Waals surface area contributed by atoms with Crippen LogP contribution in [0.5, 0.6) is 5.75 Å². The number of rotatable bonds is 6. The summed E-state index contributed by atoms with van der Waals surface area (Å²) in [7, 11) is 1.58. The van der Waals surface area contributed by atoms with Crippen molar-refractivity contribution in [2.45, 2.75) is 10.6 Å². The summed E-state index contributed by atoms with van der Waals surface area (Å²) in [6, 6.07) is 21.2. The molecule has 3 rings (SSSR count). The maximum absolute atomic E-state index is 13.6. The molecular formula is C21H18FNO2S. The molecule has 3 aromatic carbocycles. The highest BCUT2D eigenvalue weighted by atomic mass is 32.2. The summed E-state index contributed by atoms with van der Waals surface area (Å²) in [6.07, 6.45) is 0. The number of benzene rings is 3. The lowest BCUT2D eigenvalue weighted by atomic mass is 10.2. The highest BCUT2D eigenvalue weighted by Crippen LogP contribution is 2.25. The zero-order chi connectivity index (χ0) is 18.4. The number of nitrogens with one attached hydrogen (secondary N) is 1. The Kier molecular flexibility index (Phi) is 5.92. The first-order valence-corrected chi connectivity index (χ1v) is 9.06. The Hall–Kier alpha value is -2.79. The van der Waals surface area contributed by atoms with Crippen LogP contribution in [-0.2, 0) is 5.75 Å². The molecule has 0 aliphatic heterocycles. The number of carbonyl (C=O) groups is 1. The molecule has 0 saturated heterocycles. The minimum absolute atomic E-state index is 0.181. The van der Waals surface area contributed by atoms with Crippen LogP contribution in [0.4, 0.5) is 10.1 Å². The van der Waals surface area contributed by atoms with Gasteiger partial charge in [-0.3, -0.25) is 4.79 Å². The average molecular weight is 367 g/mol. The van der Waals surface area contributed by atoms with Gasteiger partial charge in [0.25, 0.3) is 5.91 Å². The molecule has 0 unspecified atom stereocenters. The van der Waals surface area contributed by atoms with Crippen LogP contribution in [0.15, 0.2) is 77.7 Å². The normalized spacial score (nSPS) is 10.4. The molecule has 1 N–H and O–H groups in total. The fraction of sp³-hybridized carbons (Fsp3) is 0.0952. The van der Waals surface area contributed by atoms with Crippen molar-refractivity contribution >= 4 is 23.4 Å². The van der Waals surface area contributed by atoms with E-state index < -0.39 is 0 Å². The Morgan fingerprint density at radius 1 is 1.00 bits per heavy atom. The zero-order valence-corrected chi connectivity index (χ0v) is 15.1. The first kappa shape index (κ1) is 18.0. The number of amides is 1. The van der Waals surface area contributed by atoms with Gasteiger partial charge >= 0.3 is 0 Å². The van der Waals surface area contributed by atoms with Crippen molar-refractivity contribution in [3.63, 3.8) is 0 Å². The van der Waals surface area contributed by atoms with Crippen LogP contribution in [0.25, 0.3) is 0 Å². The molecule has 26 heavy (non-hydrogen) atoms. The largest absolute Gasteiger partial charge is 0.497 e. The number of anilines is 1. The van der Waals surface area contributed by atoms with E-state index in [1.54, 1.807) is 55.3 Å². The maximum atomic E-state index is 13.6. The second-order valence-corrected chi connectivity index (χ2v) is 6.64. The monoisotopic (exact) mass is 367 g/mol. The van der Waals surface area contributed by atoms with Gasteiger partial charge in [-0.25, -0.2) is 4.39 Å². The molecule has 132 valence electrons. The van der Waals surface area contributed by atoms with E-state index in [0.717, 1.165) is 4.90 Å². The van der Waals surface area contributed by atoms with Crippen LogP contribution in [0, 0.1) is 5.82 Å². The SMILES string of the molecule is COc1ccc(C(=O)Nc2ccc(SCc3ccccc3F)cc2)cc1. The van der Waals surface area contributed by atoms with Gasteiger partial charge in [0.05, 0.1) is 7.11 Å². The van der Waals surface area contributed by atoms with E-state index in [2.05, 4.69) is 5.32 Å². The van der Waals surface area contributed by atoms with E-state index in [-0.39, 0.29) is 11.7 Å². The van der Waals surface area contributed by atoms with Crippen molar-refractivity contribution in [3.05, 3.63) is 89.7 Å². The van der Waals surface area contributed by atoms with Crippen molar-refractivity contribution in [2.75, 3.05) is 12.4 Å². The number of thioether (sulfide) groups is 1. The van der Waals surface area contributed by atoms with Crippen molar-refractivity contribution in [2.24, 2.45) is 0 Å². The molecule has 0 heterocycles. The third-order valence-electron chi connectivity index (χ3n) is 3.82. The topological polar surface area (TPSA) is 38.3 Å². The van der Waals surface area contributed by atoms with Gasteiger partial charge in [-0.1, -0.05) is 18.2 Å². The lowest BCUT2D eigenvalue weighted by Gasteiger charge is -2.08.